The molecule has 1 rings (SSSR count). The van der Waals surface area contributed by atoms with Gasteiger partial charge in [-0.3, -0.25) is 4.79 Å². The number of nitrogens with one attached hydrogen (secondary N) is 1. The SMILES string of the molecule is C=CC(=O)OCCSC(=O)NC1COCOC1. The lowest BCUT2D eigenvalue weighted by Gasteiger charge is -2.22. The number of ether oxygens (including phenoxy) is 3. The van der Waals surface area contributed by atoms with Crippen molar-refractivity contribution in [3.63, 3.8) is 0 Å². The van der Waals surface area contributed by atoms with Gasteiger partial charge in [-0.25, -0.2) is 4.79 Å². The predicted octanol–water partition coefficient (Wildman–Crippen LogP) is 0.531. The lowest BCUT2D eigenvalue weighted by Crippen LogP contribution is -2.43. The fourth-order valence-electron chi connectivity index (χ4n) is 1.11. The highest BCUT2D eigenvalue weighted by molar-refractivity contribution is 8.13. The van der Waals surface area contributed by atoms with E-state index in [2.05, 4.69) is 11.9 Å². The lowest BCUT2D eigenvalue weighted by molar-refractivity contribution is -0.137. The van der Waals surface area contributed by atoms with Crippen LogP contribution in [0.3, 0.4) is 0 Å². The second-order valence-corrected chi connectivity index (χ2v) is 4.28. The van der Waals surface area contributed by atoms with Crippen molar-refractivity contribution < 1.29 is 23.8 Å². The van der Waals surface area contributed by atoms with Crippen LogP contribution in [0.2, 0.25) is 0 Å². The number of hydrogen-bond donors (Lipinski definition) is 1. The fraction of sp³-hybridized carbons (Fsp3) is 0.600. The summed E-state index contributed by atoms with van der Waals surface area (Å²) in [5.41, 5.74) is 0. The van der Waals surface area contributed by atoms with Gasteiger partial charge < -0.3 is 19.5 Å². The summed E-state index contributed by atoms with van der Waals surface area (Å²) in [4.78, 5) is 22.1. The van der Waals surface area contributed by atoms with Crippen molar-refractivity contribution in [1.29, 1.82) is 0 Å². The van der Waals surface area contributed by atoms with Crippen LogP contribution in [-0.4, -0.2) is 49.6 Å². The average Bonchev–Trinajstić information content (AvgIpc) is 2.35. The highest BCUT2D eigenvalue weighted by atomic mass is 32.2. The molecule has 0 aliphatic carbocycles. The van der Waals surface area contributed by atoms with Gasteiger partial charge in [-0.1, -0.05) is 18.3 Å². The zero-order valence-corrected chi connectivity index (χ0v) is 10.2. The normalized spacial score (nSPS) is 16.2. The Bertz CT molecular complexity index is 278. The van der Waals surface area contributed by atoms with Crippen LogP contribution >= 0.6 is 11.8 Å². The summed E-state index contributed by atoms with van der Waals surface area (Å²) < 4.78 is 14.8. The number of carbonyl (C=O) groups is 2. The summed E-state index contributed by atoms with van der Waals surface area (Å²) in [6, 6.07) is -0.112. The number of amides is 1. The summed E-state index contributed by atoms with van der Waals surface area (Å²) in [5.74, 6) is -0.0834. The fourth-order valence-corrected chi connectivity index (χ4v) is 1.72. The molecule has 1 aliphatic rings. The Morgan fingerprint density at radius 2 is 2.18 bits per heavy atom. The topological polar surface area (TPSA) is 73.9 Å². The molecular weight excluding hydrogens is 246 g/mol. The van der Waals surface area contributed by atoms with Gasteiger partial charge in [0, 0.05) is 11.8 Å². The number of hydrogen-bond acceptors (Lipinski definition) is 6. The Kier molecular flexibility index (Phi) is 6.68. The first-order valence-corrected chi connectivity index (χ1v) is 6.09. The van der Waals surface area contributed by atoms with Crippen molar-refractivity contribution in [2.45, 2.75) is 6.04 Å². The number of rotatable bonds is 5. The van der Waals surface area contributed by atoms with E-state index in [0.29, 0.717) is 19.0 Å². The van der Waals surface area contributed by atoms with Crippen molar-refractivity contribution in [1.82, 2.24) is 5.32 Å². The highest BCUT2D eigenvalue weighted by Gasteiger charge is 2.16. The van der Waals surface area contributed by atoms with Gasteiger partial charge in [-0.15, -0.1) is 0 Å². The largest absolute Gasteiger partial charge is 0.462 e. The van der Waals surface area contributed by atoms with Crippen LogP contribution in [0.25, 0.3) is 0 Å². The van der Waals surface area contributed by atoms with Gasteiger partial charge in [0.25, 0.3) is 5.24 Å². The van der Waals surface area contributed by atoms with Gasteiger partial charge in [0.15, 0.2) is 0 Å². The van der Waals surface area contributed by atoms with Crippen molar-refractivity contribution in [3.05, 3.63) is 12.7 Å². The third-order valence-corrected chi connectivity index (χ3v) is 2.61. The molecule has 6 nitrogen and oxygen atoms in total. The predicted molar refractivity (Wildman–Crippen MR) is 62.7 cm³/mol. The Labute approximate surface area is 104 Å². The summed E-state index contributed by atoms with van der Waals surface area (Å²) in [5, 5.41) is 2.55. The van der Waals surface area contributed by atoms with Crippen LogP contribution in [0.4, 0.5) is 4.79 Å². The molecule has 1 fully saturated rings. The molecule has 7 heteroatoms. The quantitative estimate of drug-likeness (QED) is 0.442. The molecule has 17 heavy (non-hydrogen) atoms. The number of carbonyl (C=O) groups excluding carboxylic acids is 2. The second-order valence-electron chi connectivity index (χ2n) is 3.21. The molecule has 1 amide bonds. The molecule has 1 saturated heterocycles. The van der Waals surface area contributed by atoms with E-state index in [1.165, 1.54) is 0 Å². The van der Waals surface area contributed by atoms with E-state index in [4.69, 9.17) is 14.2 Å². The van der Waals surface area contributed by atoms with Crippen molar-refractivity contribution in [2.24, 2.45) is 0 Å². The van der Waals surface area contributed by atoms with E-state index in [1.54, 1.807) is 0 Å². The zero-order chi connectivity index (χ0) is 12.5. The van der Waals surface area contributed by atoms with E-state index in [0.717, 1.165) is 17.8 Å². The molecule has 0 atom stereocenters. The molecule has 1 heterocycles. The maximum atomic E-state index is 11.4. The molecule has 1 N–H and O–H groups in total. The maximum absolute atomic E-state index is 11.4. The Morgan fingerprint density at radius 1 is 1.47 bits per heavy atom. The molecule has 1 aliphatic heterocycles. The minimum atomic E-state index is -0.486. The van der Waals surface area contributed by atoms with Gasteiger partial charge >= 0.3 is 5.97 Å². The van der Waals surface area contributed by atoms with Crippen LogP contribution in [0.5, 0.6) is 0 Å². The summed E-state index contributed by atoms with van der Waals surface area (Å²) >= 11 is 1.05. The van der Waals surface area contributed by atoms with E-state index >= 15 is 0 Å². The Morgan fingerprint density at radius 3 is 2.82 bits per heavy atom. The van der Waals surface area contributed by atoms with Crippen molar-refractivity contribution in [3.8, 4) is 0 Å². The van der Waals surface area contributed by atoms with Gasteiger partial charge in [0.2, 0.25) is 0 Å². The molecule has 0 bridgehead atoms. The molecule has 0 spiro atoms. The first kappa shape index (κ1) is 14.0. The third kappa shape index (κ3) is 6.30. The van der Waals surface area contributed by atoms with E-state index in [9.17, 15) is 9.59 Å². The van der Waals surface area contributed by atoms with E-state index < -0.39 is 5.97 Å². The first-order valence-electron chi connectivity index (χ1n) is 5.10. The van der Waals surface area contributed by atoms with Crippen molar-refractivity contribution in [2.75, 3.05) is 32.4 Å². The summed E-state index contributed by atoms with van der Waals surface area (Å²) in [6.07, 6.45) is 1.08. The number of thioether (sulfide) groups is 1. The van der Waals surface area contributed by atoms with Gasteiger partial charge in [0.05, 0.1) is 19.3 Å². The highest BCUT2D eigenvalue weighted by Crippen LogP contribution is 2.04. The lowest BCUT2D eigenvalue weighted by atomic mass is 10.3. The Balaban J connectivity index is 2.04. The molecule has 0 saturated carbocycles. The standard InChI is InChI=1S/C10H15NO5S/c1-2-9(12)16-3-4-17-10(13)11-8-5-14-7-15-6-8/h2,8H,1,3-7H2,(H,11,13). The molecule has 96 valence electrons. The maximum Gasteiger partial charge on any atom is 0.330 e. The summed E-state index contributed by atoms with van der Waals surface area (Å²) in [7, 11) is 0. The molecule has 0 aromatic heterocycles. The van der Waals surface area contributed by atoms with Crippen LogP contribution in [0, 0.1) is 0 Å². The number of esters is 1. The zero-order valence-electron chi connectivity index (χ0n) is 9.35. The smallest absolute Gasteiger partial charge is 0.330 e. The monoisotopic (exact) mass is 261 g/mol. The second kappa shape index (κ2) is 8.10. The van der Waals surface area contributed by atoms with Gasteiger partial charge in [-0.05, 0) is 0 Å². The summed E-state index contributed by atoms with van der Waals surface area (Å²) in [6.45, 7) is 4.63. The third-order valence-electron chi connectivity index (χ3n) is 1.85. The minimum absolute atomic E-state index is 0.112. The van der Waals surface area contributed by atoms with Crippen LogP contribution in [0.1, 0.15) is 0 Å². The molecular formula is C10H15NO5S. The Hall–Kier alpha value is -1.05. The first-order chi connectivity index (χ1) is 8.22. The van der Waals surface area contributed by atoms with Crippen LogP contribution in [0.15, 0.2) is 12.7 Å². The van der Waals surface area contributed by atoms with Crippen molar-refractivity contribution >= 4 is 23.0 Å². The van der Waals surface area contributed by atoms with Crippen LogP contribution < -0.4 is 5.32 Å². The van der Waals surface area contributed by atoms with E-state index in [1.807, 2.05) is 0 Å². The molecule has 0 aromatic rings. The minimum Gasteiger partial charge on any atom is -0.462 e. The van der Waals surface area contributed by atoms with Gasteiger partial charge in [0.1, 0.15) is 13.4 Å². The molecule has 0 radical (unpaired) electrons. The van der Waals surface area contributed by atoms with E-state index in [-0.39, 0.29) is 24.7 Å². The van der Waals surface area contributed by atoms with Gasteiger partial charge in [-0.2, -0.15) is 0 Å². The van der Waals surface area contributed by atoms with Crippen LogP contribution in [-0.2, 0) is 19.0 Å². The molecule has 0 aromatic carbocycles. The average molecular weight is 261 g/mol. The molecule has 0 unspecified atom stereocenters.